The van der Waals surface area contributed by atoms with Gasteiger partial charge in [0.15, 0.2) is 0 Å². The van der Waals surface area contributed by atoms with E-state index in [1.54, 1.807) is 25.1 Å². The first-order valence-corrected chi connectivity index (χ1v) is 8.21. The summed E-state index contributed by atoms with van der Waals surface area (Å²) in [5.74, 6) is 0.311. The first-order valence-electron chi connectivity index (χ1n) is 8.21. The molecule has 6 heteroatoms. The van der Waals surface area contributed by atoms with Crippen molar-refractivity contribution in [3.8, 4) is 0 Å². The van der Waals surface area contributed by atoms with Gasteiger partial charge in [-0.2, -0.15) is 0 Å². The number of hydrogen-bond acceptors (Lipinski definition) is 4. The molecule has 0 fully saturated rings. The number of aryl methyl sites for hydroxylation is 1. The highest BCUT2D eigenvalue weighted by atomic mass is 35.5. The van der Waals surface area contributed by atoms with Crippen molar-refractivity contribution in [3.05, 3.63) is 63.2 Å². The molecule has 0 saturated carbocycles. The van der Waals surface area contributed by atoms with Crippen LogP contribution in [0.15, 0.2) is 39.5 Å². The fraction of sp³-hybridized carbons (Fsp3) is 0.368. The molecule has 5 nitrogen and oxygen atoms in total. The summed E-state index contributed by atoms with van der Waals surface area (Å²) < 4.78 is 5.37. The van der Waals surface area contributed by atoms with Crippen LogP contribution in [-0.4, -0.2) is 5.91 Å². The standard InChI is InChI=1S/C19H24N2O3.ClH/c1-4-6-12(2)16-9-13(3)17(19(23)24-16)18(22)21-15-8-5-7-14(10-15)11-20;/h5,7-10,12H,4,6,11,20H2,1-3H3,(H,21,22);1H. The van der Waals surface area contributed by atoms with E-state index in [0.29, 0.717) is 23.6 Å². The summed E-state index contributed by atoms with van der Waals surface area (Å²) in [7, 11) is 0. The number of nitrogens with one attached hydrogen (secondary N) is 1. The van der Waals surface area contributed by atoms with Crippen LogP contribution in [0, 0.1) is 6.92 Å². The molecule has 0 saturated heterocycles. The smallest absolute Gasteiger partial charge is 0.349 e. The molecule has 0 spiro atoms. The van der Waals surface area contributed by atoms with Crippen molar-refractivity contribution < 1.29 is 9.21 Å². The van der Waals surface area contributed by atoms with Crippen molar-refractivity contribution in [2.45, 2.75) is 46.1 Å². The van der Waals surface area contributed by atoms with Crippen molar-refractivity contribution in [1.29, 1.82) is 0 Å². The number of hydrogen-bond donors (Lipinski definition) is 2. The number of halogens is 1. The third-order valence-corrected chi connectivity index (χ3v) is 4.02. The second-order valence-corrected chi connectivity index (χ2v) is 6.04. The van der Waals surface area contributed by atoms with Gasteiger partial charge < -0.3 is 15.5 Å². The lowest BCUT2D eigenvalue weighted by atomic mass is 10.0. The first kappa shape index (κ1) is 20.9. The number of carbonyl (C=O) groups is 1. The zero-order valence-electron chi connectivity index (χ0n) is 14.8. The lowest BCUT2D eigenvalue weighted by molar-refractivity contribution is 0.102. The van der Waals surface area contributed by atoms with E-state index in [-0.39, 0.29) is 23.9 Å². The molecule has 0 aliphatic carbocycles. The molecule has 0 aliphatic rings. The Balaban J connectivity index is 0.00000312. The molecule has 1 atom stereocenters. The summed E-state index contributed by atoms with van der Waals surface area (Å²) in [6, 6.07) is 9.01. The van der Waals surface area contributed by atoms with Gasteiger partial charge in [-0.25, -0.2) is 4.79 Å². The lowest BCUT2D eigenvalue weighted by Crippen LogP contribution is -2.23. The first-order chi connectivity index (χ1) is 11.5. The Kier molecular flexibility index (Phi) is 7.87. The summed E-state index contributed by atoms with van der Waals surface area (Å²) >= 11 is 0. The zero-order chi connectivity index (χ0) is 17.7. The largest absolute Gasteiger partial charge is 0.427 e. The van der Waals surface area contributed by atoms with Crippen LogP contribution in [0.4, 0.5) is 5.69 Å². The third kappa shape index (κ3) is 5.18. The van der Waals surface area contributed by atoms with E-state index >= 15 is 0 Å². The fourth-order valence-electron chi connectivity index (χ4n) is 2.69. The van der Waals surface area contributed by atoms with Crippen LogP contribution in [0.25, 0.3) is 0 Å². The SMILES string of the molecule is CCCC(C)c1cc(C)c(C(=O)Nc2cccc(CN)c2)c(=O)o1.Cl. The molecule has 136 valence electrons. The van der Waals surface area contributed by atoms with Crippen LogP contribution in [0.2, 0.25) is 0 Å². The van der Waals surface area contributed by atoms with Gasteiger partial charge in [0, 0.05) is 18.2 Å². The van der Waals surface area contributed by atoms with Crippen LogP contribution in [-0.2, 0) is 6.54 Å². The predicted molar refractivity (Wildman–Crippen MR) is 103 cm³/mol. The van der Waals surface area contributed by atoms with Gasteiger partial charge in [0.05, 0.1) is 0 Å². The second-order valence-electron chi connectivity index (χ2n) is 6.04. The molecule has 1 aromatic carbocycles. The average molecular weight is 365 g/mol. The van der Waals surface area contributed by atoms with Gasteiger partial charge in [-0.05, 0) is 42.7 Å². The van der Waals surface area contributed by atoms with Crippen molar-refractivity contribution in [1.82, 2.24) is 0 Å². The molecule has 0 aliphatic heterocycles. The summed E-state index contributed by atoms with van der Waals surface area (Å²) in [6.07, 6.45) is 1.93. The van der Waals surface area contributed by atoms with Crippen LogP contribution in [0.5, 0.6) is 0 Å². The summed E-state index contributed by atoms with van der Waals surface area (Å²) in [6.45, 7) is 6.23. The molecule has 1 amide bonds. The molecule has 0 radical (unpaired) electrons. The maximum Gasteiger partial charge on any atom is 0.349 e. The minimum atomic E-state index is -0.597. The van der Waals surface area contributed by atoms with Gasteiger partial charge in [0.2, 0.25) is 0 Å². The predicted octanol–water partition coefficient (Wildman–Crippen LogP) is 3.98. The van der Waals surface area contributed by atoms with Crippen molar-refractivity contribution >= 4 is 24.0 Å². The van der Waals surface area contributed by atoms with Gasteiger partial charge in [-0.3, -0.25) is 4.79 Å². The number of benzene rings is 1. The Labute approximate surface area is 154 Å². The van der Waals surface area contributed by atoms with Crippen LogP contribution < -0.4 is 16.7 Å². The molecule has 1 unspecified atom stereocenters. The van der Waals surface area contributed by atoms with Gasteiger partial charge >= 0.3 is 5.63 Å². The average Bonchev–Trinajstić information content (AvgIpc) is 2.54. The quantitative estimate of drug-likeness (QED) is 0.811. The lowest BCUT2D eigenvalue weighted by Gasteiger charge is -2.12. The van der Waals surface area contributed by atoms with Crippen molar-refractivity contribution in [3.63, 3.8) is 0 Å². The van der Waals surface area contributed by atoms with Gasteiger partial charge in [0.25, 0.3) is 5.91 Å². The molecular formula is C19H25ClN2O3. The highest BCUT2D eigenvalue weighted by molar-refractivity contribution is 6.04. The molecule has 2 aromatic rings. The zero-order valence-corrected chi connectivity index (χ0v) is 15.6. The Hall–Kier alpha value is -2.11. The Morgan fingerprint density at radius 3 is 2.64 bits per heavy atom. The monoisotopic (exact) mass is 364 g/mol. The van der Waals surface area contributed by atoms with Gasteiger partial charge in [0.1, 0.15) is 11.3 Å². The molecule has 1 aromatic heterocycles. The second kappa shape index (κ2) is 9.39. The summed E-state index contributed by atoms with van der Waals surface area (Å²) in [5.41, 5.74) is 7.17. The molecule has 0 bridgehead atoms. The van der Waals surface area contributed by atoms with E-state index in [2.05, 4.69) is 12.2 Å². The number of nitrogens with two attached hydrogens (primary N) is 1. The highest BCUT2D eigenvalue weighted by Gasteiger charge is 2.19. The van der Waals surface area contributed by atoms with Crippen molar-refractivity contribution in [2.24, 2.45) is 5.73 Å². The molecule has 1 heterocycles. The van der Waals surface area contributed by atoms with Gasteiger partial charge in [-0.1, -0.05) is 32.4 Å². The number of amides is 1. The number of anilines is 1. The van der Waals surface area contributed by atoms with E-state index < -0.39 is 11.5 Å². The number of rotatable bonds is 6. The highest BCUT2D eigenvalue weighted by Crippen LogP contribution is 2.21. The maximum absolute atomic E-state index is 12.5. The Morgan fingerprint density at radius 1 is 1.32 bits per heavy atom. The van der Waals surface area contributed by atoms with E-state index in [1.807, 2.05) is 19.1 Å². The Bertz CT molecular complexity index is 786. The third-order valence-electron chi connectivity index (χ3n) is 4.02. The maximum atomic E-state index is 12.5. The molecule has 3 N–H and O–H groups in total. The normalized spacial score (nSPS) is 11.5. The van der Waals surface area contributed by atoms with Gasteiger partial charge in [-0.15, -0.1) is 12.4 Å². The van der Waals surface area contributed by atoms with E-state index in [0.717, 1.165) is 18.4 Å². The minimum Gasteiger partial charge on any atom is -0.427 e. The Morgan fingerprint density at radius 2 is 2.04 bits per heavy atom. The van der Waals surface area contributed by atoms with E-state index in [9.17, 15) is 9.59 Å². The molecule has 2 rings (SSSR count). The summed E-state index contributed by atoms with van der Waals surface area (Å²) in [4.78, 5) is 24.7. The van der Waals surface area contributed by atoms with E-state index in [4.69, 9.17) is 10.2 Å². The van der Waals surface area contributed by atoms with Crippen LogP contribution in [0.1, 0.15) is 59.9 Å². The van der Waals surface area contributed by atoms with Crippen LogP contribution in [0.3, 0.4) is 0 Å². The van der Waals surface area contributed by atoms with Crippen molar-refractivity contribution in [2.75, 3.05) is 5.32 Å². The number of carbonyl (C=O) groups excluding carboxylic acids is 1. The molecule has 25 heavy (non-hydrogen) atoms. The topological polar surface area (TPSA) is 85.3 Å². The summed E-state index contributed by atoms with van der Waals surface area (Å²) in [5, 5.41) is 2.73. The van der Waals surface area contributed by atoms with Crippen LogP contribution >= 0.6 is 12.4 Å². The molecular weight excluding hydrogens is 340 g/mol. The minimum absolute atomic E-state index is 0. The van der Waals surface area contributed by atoms with E-state index in [1.165, 1.54) is 0 Å². The fourth-order valence-corrected chi connectivity index (χ4v) is 2.69.